The number of benzene rings is 1. The van der Waals surface area contributed by atoms with Crippen LogP contribution in [0.4, 0.5) is 8.78 Å². The molecule has 1 heterocycles. The highest BCUT2D eigenvalue weighted by Crippen LogP contribution is 2.34. The number of nitrogens with one attached hydrogen (secondary N) is 1. The fourth-order valence-corrected chi connectivity index (χ4v) is 1.79. The average Bonchev–Trinajstić information content (AvgIpc) is 2.59. The molecule has 2 rings (SSSR count). The van der Waals surface area contributed by atoms with Crippen LogP contribution in [0.3, 0.4) is 0 Å². The van der Waals surface area contributed by atoms with Crippen molar-refractivity contribution < 1.29 is 13.5 Å². The van der Waals surface area contributed by atoms with Gasteiger partial charge in [0.1, 0.15) is 5.75 Å². The van der Waals surface area contributed by atoms with Crippen molar-refractivity contribution in [2.45, 2.75) is 18.4 Å². The third-order valence-electron chi connectivity index (χ3n) is 2.63. The summed E-state index contributed by atoms with van der Waals surface area (Å²) in [5, 5.41) is 2.81. The molecule has 5 heteroatoms. The van der Waals surface area contributed by atoms with E-state index in [1.165, 1.54) is 0 Å². The Morgan fingerprint density at radius 2 is 1.94 bits per heavy atom. The Balaban J connectivity index is 0.00000128. The molecule has 0 radical (unpaired) electrons. The zero-order valence-corrected chi connectivity index (χ0v) is 9.69. The highest BCUT2D eigenvalue weighted by Gasteiger charge is 2.39. The van der Waals surface area contributed by atoms with E-state index in [2.05, 4.69) is 5.32 Å². The minimum atomic E-state index is -2.58. The van der Waals surface area contributed by atoms with Crippen molar-refractivity contribution in [1.29, 1.82) is 0 Å². The highest BCUT2D eigenvalue weighted by atomic mass is 35.5. The highest BCUT2D eigenvalue weighted by molar-refractivity contribution is 5.85. The van der Waals surface area contributed by atoms with Crippen molar-refractivity contribution in [3.05, 3.63) is 29.8 Å². The first-order valence-electron chi connectivity index (χ1n) is 4.86. The molecule has 1 unspecified atom stereocenters. The quantitative estimate of drug-likeness (QED) is 0.870. The van der Waals surface area contributed by atoms with Gasteiger partial charge in [0.2, 0.25) is 0 Å². The molecule has 2 nitrogen and oxygen atoms in total. The summed E-state index contributed by atoms with van der Waals surface area (Å²) in [4.78, 5) is 0. The van der Waals surface area contributed by atoms with Gasteiger partial charge in [0.05, 0.1) is 13.7 Å². The molecular weight excluding hydrogens is 236 g/mol. The lowest BCUT2D eigenvalue weighted by Crippen LogP contribution is -2.19. The van der Waals surface area contributed by atoms with Crippen LogP contribution in [-0.2, 0) is 0 Å². The van der Waals surface area contributed by atoms with Gasteiger partial charge in [-0.1, -0.05) is 12.1 Å². The van der Waals surface area contributed by atoms with E-state index >= 15 is 0 Å². The van der Waals surface area contributed by atoms with Crippen LogP contribution in [0.5, 0.6) is 5.75 Å². The Morgan fingerprint density at radius 1 is 1.31 bits per heavy atom. The molecule has 0 saturated carbocycles. The van der Waals surface area contributed by atoms with E-state index in [0.29, 0.717) is 0 Å². The molecule has 1 aromatic rings. The standard InChI is InChI=1S/C11H13F2NO.ClH/c1-15-9-4-2-8(3-5-9)10-6-11(12,13)7-14-10;/h2-5,10,14H,6-7H2,1H3;1H. The van der Waals surface area contributed by atoms with Crippen molar-refractivity contribution in [2.24, 2.45) is 0 Å². The number of alkyl halides is 2. The summed E-state index contributed by atoms with van der Waals surface area (Å²) < 4.78 is 30.9. The summed E-state index contributed by atoms with van der Waals surface area (Å²) in [5.41, 5.74) is 0.882. The SMILES string of the molecule is COc1ccc(C2CC(F)(F)CN2)cc1.Cl. The molecule has 16 heavy (non-hydrogen) atoms. The average molecular weight is 250 g/mol. The Morgan fingerprint density at radius 3 is 2.38 bits per heavy atom. The van der Waals surface area contributed by atoms with E-state index in [9.17, 15) is 8.78 Å². The van der Waals surface area contributed by atoms with Crippen molar-refractivity contribution in [3.8, 4) is 5.75 Å². The number of hydrogen-bond acceptors (Lipinski definition) is 2. The van der Waals surface area contributed by atoms with Crippen LogP contribution in [0, 0.1) is 0 Å². The first kappa shape index (κ1) is 13.2. The molecule has 0 aromatic heterocycles. The first-order valence-corrected chi connectivity index (χ1v) is 4.86. The second-order valence-electron chi connectivity index (χ2n) is 3.77. The molecule has 1 aromatic carbocycles. The monoisotopic (exact) mass is 249 g/mol. The van der Waals surface area contributed by atoms with E-state index in [-0.39, 0.29) is 31.4 Å². The van der Waals surface area contributed by atoms with Gasteiger partial charge in [-0.2, -0.15) is 0 Å². The predicted molar refractivity (Wildman–Crippen MR) is 60.5 cm³/mol. The molecule has 1 saturated heterocycles. The molecule has 0 amide bonds. The topological polar surface area (TPSA) is 21.3 Å². The molecule has 1 aliphatic rings. The van der Waals surface area contributed by atoms with Crippen LogP contribution in [0.25, 0.3) is 0 Å². The molecular formula is C11H14ClF2NO. The van der Waals surface area contributed by atoms with E-state index < -0.39 is 5.92 Å². The first-order chi connectivity index (χ1) is 7.11. The van der Waals surface area contributed by atoms with Crippen LogP contribution in [0.1, 0.15) is 18.0 Å². The summed E-state index contributed by atoms with van der Waals surface area (Å²) >= 11 is 0. The summed E-state index contributed by atoms with van der Waals surface area (Å²) in [7, 11) is 1.58. The number of ether oxygens (including phenoxy) is 1. The molecule has 1 fully saturated rings. The van der Waals surface area contributed by atoms with Crippen LogP contribution in [-0.4, -0.2) is 19.6 Å². The summed E-state index contributed by atoms with van der Waals surface area (Å²) in [6.45, 7) is -0.232. The van der Waals surface area contributed by atoms with Gasteiger partial charge in [0.25, 0.3) is 5.92 Å². The number of hydrogen-bond donors (Lipinski definition) is 1. The van der Waals surface area contributed by atoms with E-state index in [1.807, 2.05) is 12.1 Å². The van der Waals surface area contributed by atoms with E-state index in [4.69, 9.17) is 4.74 Å². The maximum Gasteiger partial charge on any atom is 0.262 e. The Labute approximate surface area is 99.4 Å². The number of methoxy groups -OCH3 is 1. The smallest absolute Gasteiger partial charge is 0.262 e. The van der Waals surface area contributed by atoms with Crippen molar-refractivity contribution in [1.82, 2.24) is 5.32 Å². The van der Waals surface area contributed by atoms with Crippen molar-refractivity contribution >= 4 is 12.4 Å². The lowest BCUT2D eigenvalue weighted by atomic mass is 10.0. The van der Waals surface area contributed by atoms with E-state index in [1.54, 1.807) is 19.2 Å². The largest absolute Gasteiger partial charge is 0.497 e. The molecule has 0 spiro atoms. The lowest BCUT2D eigenvalue weighted by Gasteiger charge is -2.11. The van der Waals surface area contributed by atoms with Gasteiger partial charge >= 0.3 is 0 Å². The van der Waals surface area contributed by atoms with Crippen LogP contribution < -0.4 is 10.1 Å². The second-order valence-corrected chi connectivity index (χ2v) is 3.77. The van der Waals surface area contributed by atoms with Gasteiger partial charge in [-0.05, 0) is 17.7 Å². The number of halogens is 3. The summed E-state index contributed by atoms with van der Waals surface area (Å²) in [5.74, 6) is -1.84. The van der Waals surface area contributed by atoms with Gasteiger partial charge in [0.15, 0.2) is 0 Å². The zero-order chi connectivity index (χ0) is 10.9. The predicted octanol–water partition coefficient (Wildman–Crippen LogP) is 2.79. The minimum Gasteiger partial charge on any atom is -0.497 e. The molecule has 0 bridgehead atoms. The van der Waals surface area contributed by atoms with Gasteiger partial charge in [-0.3, -0.25) is 0 Å². The normalized spacial score (nSPS) is 22.6. The lowest BCUT2D eigenvalue weighted by molar-refractivity contribution is 0.0210. The summed E-state index contributed by atoms with van der Waals surface area (Å²) in [6.07, 6.45) is -0.126. The fraction of sp³-hybridized carbons (Fsp3) is 0.455. The van der Waals surface area contributed by atoms with Gasteiger partial charge in [-0.25, -0.2) is 8.78 Å². The molecule has 90 valence electrons. The third-order valence-corrected chi connectivity index (χ3v) is 2.63. The molecule has 1 aliphatic heterocycles. The van der Waals surface area contributed by atoms with Crippen molar-refractivity contribution in [2.75, 3.05) is 13.7 Å². The van der Waals surface area contributed by atoms with Gasteiger partial charge in [-0.15, -0.1) is 12.4 Å². The second kappa shape index (κ2) is 4.97. The van der Waals surface area contributed by atoms with Crippen molar-refractivity contribution in [3.63, 3.8) is 0 Å². The Kier molecular flexibility index (Phi) is 4.10. The Hall–Kier alpha value is -0.870. The Bertz CT molecular complexity index is 342. The molecule has 0 aliphatic carbocycles. The van der Waals surface area contributed by atoms with Gasteiger partial charge < -0.3 is 10.1 Å². The van der Waals surface area contributed by atoms with Crippen LogP contribution >= 0.6 is 12.4 Å². The fourth-order valence-electron chi connectivity index (χ4n) is 1.79. The van der Waals surface area contributed by atoms with E-state index in [0.717, 1.165) is 11.3 Å². The third kappa shape index (κ3) is 2.83. The number of rotatable bonds is 2. The van der Waals surface area contributed by atoms with Crippen LogP contribution in [0.15, 0.2) is 24.3 Å². The van der Waals surface area contributed by atoms with Crippen LogP contribution in [0.2, 0.25) is 0 Å². The summed E-state index contributed by atoms with van der Waals surface area (Å²) in [6, 6.07) is 6.96. The molecule has 1 atom stereocenters. The molecule has 1 N–H and O–H groups in total. The maximum atomic E-state index is 12.9. The maximum absolute atomic E-state index is 12.9. The zero-order valence-electron chi connectivity index (χ0n) is 8.87. The minimum absolute atomic E-state index is 0. The van der Waals surface area contributed by atoms with Gasteiger partial charge in [0, 0.05) is 12.5 Å².